The number of aliphatic hydroxyl groups excluding tert-OH is 3. The summed E-state index contributed by atoms with van der Waals surface area (Å²) in [5.74, 6) is -0.287. The van der Waals surface area contributed by atoms with E-state index in [0.717, 1.165) is 0 Å². The number of carbonyl (C=O) groups excluding carboxylic acids is 2. The molecule has 0 aromatic heterocycles. The highest BCUT2D eigenvalue weighted by atomic mass is 16.7. The molecule has 138 valence electrons. The van der Waals surface area contributed by atoms with Crippen molar-refractivity contribution in [2.24, 2.45) is 0 Å². The van der Waals surface area contributed by atoms with Crippen LogP contribution in [0.25, 0.3) is 0 Å². The standard InChI is InChI=1S/C16H22N2O7/c1-8(20)17-10-3-5-11(6-4-10)24-16-13(18-9(2)21)15(23)14(22)12(7-19)25-16/h3-6,12-16,19,22-23H,7H2,1-2H3,(H,17,20)(H,18,21)/t12-,13+,14-,15+,16-/m1/s1. The van der Waals surface area contributed by atoms with Gasteiger partial charge in [-0.3, -0.25) is 9.59 Å². The second-order valence-electron chi connectivity index (χ2n) is 5.76. The zero-order valence-corrected chi connectivity index (χ0v) is 13.9. The van der Waals surface area contributed by atoms with Crippen LogP contribution in [0.2, 0.25) is 0 Å². The highest BCUT2D eigenvalue weighted by Gasteiger charge is 2.46. The lowest BCUT2D eigenvalue weighted by Crippen LogP contribution is -2.65. The third-order valence-corrected chi connectivity index (χ3v) is 3.68. The first kappa shape index (κ1) is 19.1. The number of rotatable bonds is 5. The van der Waals surface area contributed by atoms with Crippen molar-refractivity contribution in [1.29, 1.82) is 0 Å². The van der Waals surface area contributed by atoms with Gasteiger partial charge in [-0.15, -0.1) is 0 Å². The van der Waals surface area contributed by atoms with E-state index in [2.05, 4.69) is 10.6 Å². The van der Waals surface area contributed by atoms with Crippen LogP contribution in [0.4, 0.5) is 5.69 Å². The molecule has 1 aromatic rings. The van der Waals surface area contributed by atoms with Crippen molar-refractivity contribution in [2.75, 3.05) is 11.9 Å². The van der Waals surface area contributed by atoms with Gasteiger partial charge in [0, 0.05) is 19.5 Å². The fourth-order valence-electron chi connectivity index (χ4n) is 2.53. The molecule has 1 aromatic carbocycles. The summed E-state index contributed by atoms with van der Waals surface area (Å²) in [6.45, 7) is 2.13. The first-order valence-corrected chi connectivity index (χ1v) is 7.75. The third-order valence-electron chi connectivity index (χ3n) is 3.68. The average Bonchev–Trinajstić information content (AvgIpc) is 2.55. The van der Waals surface area contributed by atoms with E-state index >= 15 is 0 Å². The molecule has 0 bridgehead atoms. The number of amides is 2. The van der Waals surface area contributed by atoms with Crippen LogP contribution in [-0.2, 0) is 14.3 Å². The van der Waals surface area contributed by atoms with Crippen LogP contribution in [0, 0.1) is 0 Å². The number of carbonyl (C=O) groups is 2. The molecule has 0 radical (unpaired) electrons. The van der Waals surface area contributed by atoms with Crippen molar-refractivity contribution in [3.8, 4) is 5.75 Å². The first-order valence-electron chi connectivity index (χ1n) is 7.75. The van der Waals surface area contributed by atoms with Gasteiger partial charge in [-0.05, 0) is 24.3 Å². The second kappa shape index (κ2) is 8.26. The van der Waals surface area contributed by atoms with Crippen LogP contribution in [-0.4, -0.2) is 64.4 Å². The van der Waals surface area contributed by atoms with E-state index in [1.54, 1.807) is 24.3 Å². The minimum absolute atomic E-state index is 0.210. The Labute approximate surface area is 144 Å². The topological polar surface area (TPSA) is 137 Å². The maximum absolute atomic E-state index is 11.4. The molecule has 1 saturated heterocycles. The predicted octanol–water partition coefficient (Wildman–Crippen LogP) is -1.03. The number of anilines is 1. The molecule has 5 N–H and O–H groups in total. The van der Waals surface area contributed by atoms with Crippen LogP contribution in [0.15, 0.2) is 24.3 Å². The maximum atomic E-state index is 11.4. The van der Waals surface area contributed by atoms with Crippen LogP contribution >= 0.6 is 0 Å². The Kier molecular flexibility index (Phi) is 6.32. The molecule has 5 atom stereocenters. The molecule has 1 heterocycles. The van der Waals surface area contributed by atoms with Gasteiger partial charge in [0.25, 0.3) is 0 Å². The average molecular weight is 354 g/mol. The molecule has 0 aliphatic carbocycles. The molecule has 0 saturated carbocycles. The molecule has 0 spiro atoms. The highest BCUT2D eigenvalue weighted by molar-refractivity contribution is 5.88. The van der Waals surface area contributed by atoms with Crippen LogP contribution in [0.3, 0.4) is 0 Å². The molecule has 1 aliphatic rings. The fourth-order valence-corrected chi connectivity index (χ4v) is 2.53. The molecule has 0 unspecified atom stereocenters. The molecular formula is C16H22N2O7. The molecule has 9 nitrogen and oxygen atoms in total. The fraction of sp³-hybridized carbons (Fsp3) is 0.500. The smallest absolute Gasteiger partial charge is 0.223 e. The summed E-state index contributed by atoms with van der Waals surface area (Å²) in [7, 11) is 0. The molecule has 25 heavy (non-hydrogen) atoms. The molecule has 2 rings (SSSR count). The van der Waals surface area contributed by atoms with Crippen LogP contribution in [0.1, 0.15) is 13.8 Å². The Balaban J connectivity index is 2.15. The quantitative estimate of drug-likeness (QED) is 0.456. The van der Waals surface area contributed by atoms with Crippen LogP contribution in [0.5, 0.6) is 5.75 Å². The van der Waals surface area contributed by atoms with Crippen molar-refractivity contribution >= 4 is 17.5 Å². The van der Waals surface area contributed by atoms with E-state index in [4.69, 9.17) is 9.47 Å². The van der Waals surface area contributed by atoms with E-state index in [1.165, 1.54) is 13.8 Å². The van der Waals surface area contributed by atoms with Gasteiger partial charge in [0.2, 0.25) is 18.1 Å². The Morgan fingerprint density at radius 1 is 1.12 bits per heavy atom. The van der Waals surface area contributed by atoms with E-state index in [-0.39, 0.29) is 5.91 Å². The largest absolute Gasteiger partial charge is 0.463 e. The summed E-state index contributed by atoms with van der Waals surface area (Å²) in [5.41, 5.74) is 0.575. The van der Waals surface area contributed by atoms with Gasteiger partial charge in [0.05, 0.1) is 6.61 Å². The second-order valence-corrected chi connectivity index (χ2v) is 5.76. The number of benzene rings is 1. The zero-order valence-electron chi connectivity index (χ0n) is 13.9. The normalized spacial score (nSPS) is 28.9. The lowest BCUT2D eigenvalue weighted by molar-refractivity contribution is -0.244. The van der Waals surface area contributed by atoms with Crippen molar-refractivity contribution in [3.05, 3.63) is 24.3 Å². The van der Waals surface area contributed by atoms with E-state index in [9.17, 15) is 24.9 Å². The van der Waals surface area contributed by atoms with E-state index < -0.39 is 43.2 Å². The van der Waals surface area contributed by atoms with Gasteiger partial charge >= 0.3 is 0 Å². The van der Waals surface area contributed by atoms with Gasteiger partial charge in [-0.1, -0.05) is 0 Å². The molecule has 1 fully saturated rings. The summed E-state index contributed by atoms with van der Waals surface area (Å²) in [4.78, 5) is 22.4. The number of hydrogen-bond acceptors (Lipinski definition) is 7. The van der Waals surface area contributed by atoms with Gasteiger partial charge in [0.1, 0.15) is 30.1 Å². The Bertz CT molecular complexity index is 607. The summed E-state index contributed by atoms with van der Waals surface area (Å²) in [6, 6.07) is 5.35. The SMILES string of the molecule is CC(=O)Nc1ccc(O[C@@H]2O[C@H](CO)[C@@H](O)[C@@H](O)[C@@H]2NC(C)=O)cc1. The summed E-state index contributed by atoms with van der Waals surface area (Å²) in [5, 5.41) is 34.5. The number of aliphatic hydroxyl groups is 3. The van der Waals surface area contributed by atoms with Crippen molar-refractivity contribution in [2.45, 2.75) is 44.5 Å². The Morgan fingerprint density at radius 3 is 2.28 bits per heavy atom. The van der Waals surface area contributed by atoms with Gasteiger partial charge in [0.15, 0.2) is 0 Å². The maximum Gasteiger partial charge on any atom is 0.223 e. The highest BCUT2D eigenvalue weighted by Crippen LogP contribution is 2.25. The van der Waals surface area contributed by atoms with Crippen molar-refractivity contribution in [1.82, 2.24) is 5.32 Å². The lowest BCUT2D eigenvalue weighted by atomic mass is 9.97. The van der Waals surface area contributed by atoms with E-state index in [0.29, 0.717) is 11.4 Å². The number of ether oxygens (including phenoxy) is 2. The third kappa shape index (κ3) is 4.89. The minimum Gasteiger partial charge on any atom is -0.463 e. The molecule has 1 aliphatic heterocycles. The van der Waals surface area contributed by atoms with Crippen molar-refractivity contribution < 1.29 is 34.4 Å². The first-order chi connectivity index (χ1) is 11.8. The van der Waals surface area contributed by atoms with Gasteiger partial charge in [-0.25, -0.2) is 0 Å². The van der Waals surface area contributed by atoms with Crippen molar-refractivity contribution in [3.63, 3.8) is 0 Å². The monoisotopic (exact) mass is 354 g/mol. The minimum atomic E-state index is -1.38. The van der Waals surface area contributed by atoms with E-state index in [1.807, 2.05) is 0 Å². The summed E-state index contributed by atoms with van der Waals surface area (Å²) in [6.07, 6.45) is -4.92. The zero-order chi connectivity index (χ0) is 18.6. The summed E-state index contributed by atoms with van der Waals surface area (Å²) < 4.78 is 11.1. The molecular weight excluding hydrogens is 332 g/mol. The lowest BCUT2D eigenvalue weighted by Gasteiger charge is -2.42. The Morgan fingerprint density at radius 2 is 1.76 bits per heavy atom. The number of hydrogen-bond donors (Lipinski definition) is 5. The number of nitrogens with one attached hydrogen (secondary N) is 2. The van der Waals surface area contributed by atoms with Crippen LogP contribution < -0.4 is 15.4 Å². The Hall–Kier alpha value is -2.20. The summed E-state index contributed by atoms with van der Waals surface area (Å²) >= 11 is 0. The molecule has 9 heteroatoms. The predicted molar refractivity (Wildman–Crippen MR) is 86.7 cm³/mol. The molecule has 2 amide bonds. The van der Waals surface area contributed by atoms with Gasteiger partial charge < -0.3 is 35.4 Å². The van der Waals surface area contributed by atoms with Gasteiger partial charge in [-0.2, -0.15) is 0 Å².